The fraction of sp³-hybridized carbons (Fsp3) is 0.526. The Balaban J connectivity index is 1.99. The first-order valence-electron chi connectivity index (χ1n) is 8.64. The number of nitrogens with zero attached hydrogens (tertiary/aromatic N) is 1. The van der Waals surface area contributed by atoms with Crippen molar-refractivity contribution in [3.05, 3.63) is 24.4 Å². The normalized spacial score (nSPS) is 11.0. The van der Waals surface area contributed by atoms with E-state index in [1.54, 1.807) is 20.4 Å². The number of hydrogen-bond acceptors (Lipinski definition) is 5. The van der Waals surface area contributed by atoms with Gasteiger partial charge in [0.15, 0.2) is 11.5 Å². The smallest absolute Gasteiger partial charge is 0.170 e. The molecule has 5 nitrogen and oxygen atoms in total. The summed E-state index contributed by atoms with van der Waals surface area (Å²) >= 11 is 0. The van der Waals surface area contributed by atoms with Crippen LogP contribution in [0.5, 0.6) is 11.5 Å². The van der Waals surface area contributed by atoms with E-state index < -0.39 is 0 Å². The number of hydrogen-bond donors (Lipinski definition) is 2. The summed E-state index contributed by atoms with van der Waals surface area (Å²) in [4.78, 5) is 4.50. The van der Waals surface area contributed by atoms with E-state index in [0.717, 1.165) is 47.6 Å². The lowest BCUT2D eigenvalue weighted by Crippen LogP contribution is -2.23. The van der Waals surface area contributed by atoms with Crippen molar-refractivity contribution in [1.82, 2.24) is 10.3 Å². The predicted octanol–water partition coefficient (Wildman–Crippen LogP) is 3.83. The summed E-state index contributed by atoms with van der Waals surface area (Å²) in [6, 6.07) is 6.45. The molecule has 0 aliphatic heterocycles. The highest BCUT2D eigenvalue weighted by molar-refractivity contribution is 5.97. The van der Waals surface area contributed by atoms with Gasteiger partial charge in [-0.1, -0.05) is 20.3 Å². The average molecular weight is 331 g/mol. The van der Waals surface area contributed by atoms with Crippen LogP contribution in [-0.2, 0) is 0 Å². The SMILES string of the molecule is COc1cc(NCCCCCNC(C)C)c2ncccc2c1OC. The summed E-state index contributed by atoms with van der Waals surface area (Å²) < 4.78 is 11.0. The van der Waals surface area contributed by atoms with Crippen molar-refractivity contribution in [3.63, 3.8) is 0 Å². The number of rotatable bonds is 10. The number of pyridine rings is 1. The molecule has 1 aromatic heterocycles. The van der Waals surface area contributed by atoms with Crippen LogP contribution in [0.4, 0.5) is 5.69 Å². The molecule has 2 N–H and O–H groups in total. The fourth-order valence-electron chi connectivity index (χ4n) is 2.74. The summed E-state index contributed by atoms with van der Waals surface area (Å²) in [5.41, 5.74) is 1.90. The van der Waals surface area contributed by atoms with E-state index in [2.05, 4.69) is 29.5 Å². The Morgan fingerprint density at radius 1 is 1.08 bits per heavy atom. The first kappa shape index (κ1) is 18.3. The molecule has 0 spiro atoms. The molecule has 0 saturated heterocycles. The number of aromatic nitrogens is 1. The molecule has 0 atom stereocenters. The summed E-state index contributed by atoms with van der Waals surface area (Å²) in [5, 5.41) is 7.90. The minimum Gasteiger partial charge on any atom is -0.493 e. The Morgan fingerprint density at radius 3 is 2.58 bits per heavy atom. The molecule has 0 amide bonds. The molecule has 0 fully saturated rings. The second-order valence-corrected chi connectivity index (χ2v) is 6.16. The number of fused-ring (bicyclic) bond motifs is 1. The number of anilines is 1. The largest absolute Gasteiger partial charge is 0.493 e. The van der Waals surface area contributed by atoms with Crippen molar-refractivity contribution in [3.8, 4) is 11.5 Å². The van der Waals surface area contributed by atoms with Gasteiger partial charge in [-0.05, 0) is 31.5 Å². The van der Waals surface area contributed by atoms with Gasteiger partial charge >= 0.3 is 0 Å². The molecular weight excluding hydrogens is 302 g/mol. The molecule has 0 aliphatic carbocycles. The molecule has 1 aromatic carbocycles. The number of ether oxygens (including phenoxy) is 2. The summed E-state index contributed by atoms with van der Waals surface area (Å²) in [5.74, 6) is 1.45. The molecule has 132 valence electrons. The van der Waals surface area contributed by atoms with Crippen LogP contribution in [0.15, 0.2) is 24.4 Å². The van der Waals surface area contributed by atoms with Gasteiger partial charge in [0.05, 0.1) is 25.4 Å². The van der Waals surface area contributed by atoms with Gasteiger partial charge in [-0.25, -0.2) is 0 Å². The maximum absolute atomic E-state index is 5.49. The highest BCUT2D eigenvalue weighted by Crippen LogP contribution is 2.39. The number of benzene rings is 1. The standard InChI is InChI=1S/C19H29N3O2/c1-14(2)20-10-6-5-7-11-21-16-13-17(23-3)19(24-4)15-9-8-12-22-18(15)16/h8-9,12-14,20-21H,5-7,10-11H2,1-4H3. The zero-order valence-corrected chi connectivity index (χ0v) is 15.2. The molecule has 5 heteroatoms. The third-order valence-electron chi connectivity index (χ3n) is 3.95. The first-order valence-corrected chi connectivity index (χ1v) is 8.64. The Bertz CT molecular complexity index is 644. The average Bonchev–Trinajstić information content (AvgIpc) is 2.59. The van der Waals surface area contributed by atoms with E-state index in [9.17, 15) is 0 Å². The van der Waals surface area contributed by atoms with Crippen LogP contribution in [0.1, 0.15) is 33.1 Å². The zero-order chi connectivity index (χ0) is 17.4. The summed E-state index contributed by atoms with van der Waals surface area (Å²) in [7, 11) is 3.31. The quantitative estimate of drug-likeness (QED) is 0.648. The van der Waals surface area contributed by atoms with Gasteiger partial charge in [0.25, 0.3) is 0 Å². The van der Waals surface area contributed by atoms with Crippen LogP contribution < -0.4 is 20.1 Å². The first-order chi connectivity index (χ1) is 11.7. The van der Waals surface area contributed by atoms with Gasteiger partial charge in [-0.2, -0.15) is 0 Å². The highest BCUT2D eigenvalue weighted by Gasteiger charge is 2.13. The molecule has 1 heterocycles. The van der Waals surface area contributed by atoms with E-state index in [1.807, 2.05) is 18.2 Å². The second-order valence-electron chi connectivity index (χ2n) is 6.16. The van der Waals surface area contributed by atoms with Crippen LogP contribution in [0, 0.1) is 0 Å². The molecule has 2 aromatic rings. The predicted molar refractivity (Wildman–Crippen MR) is 100 cm³/mol. The van der Waals surface area contributed by atoms with Gasteiger partial charge in [-0.15, -0.1) is 0 Å². The lowest BCUT2D eigenvalue weighted by molar-refractivity contribution is 0.358. The van der Waals surface area contributed by atoms with Crippen molar-refractivity contribution in [1.29, 1.82) is 0 Å². The van der Waals surface area contributed by atoms with Crippen molar-refractivity contribution in [2.75, 3.05) is 32.6 Å². The Labute approximate surface area is 144 Å². The Kier molecular flexibility index (Phi) is 7.12. The van der Waals surface area contributed by atoms with Gasteiger partial charge in [-0.3, -0.25) is 4.98 Å². The zero-order valence-electron chi connectivity index (χ0n) is 15.2. The number of nitrogens with one attached hydrogen (secondary N) is 2. The van der Waals surface area contributed by atoms with E-state index in [1.165, 1.54) is 12.8 Å². The molecule has 0 bridgehead atoms. The van der Waals surface area contributed by atoms with Crippen LogP contribution in [0.2, 0.25) is 0 Å². The molecular formula is C19H29N3O2. The monoisotopic (exact) mass is 331 g/mol. The fourth-order valence-corrected chi connectivity index (χ4v) is 2.74. The summed E-state index contributed by atoms with van der Waals surface area (Å²) in [6.07, 6.45) is 5.33. The van der Waals surface area contributed by atoms with E-state index >= 15 is 0 Å². The van der Waals surface area contributed by atoms with Crippen LogP contribution in [0.3, 0.4) is 0 Å². The number of methoxy groups -OCH3 is 2. The molecule has 0 radical (unpaired) electrons. The van der Waals surface area contributed by atoms with Crippen molar-refractivity contribution in [2.45, 2.75) is 39.2 Å². The van der Waals surface area contributed by atoms with Crippen LogP contribution in [-0.4, -0.2) is 38.3 Å². The van der Waals surface area contributed by atoms with Crippen molar-refractivity contribution in [2.24, 2.45) is 0 Å². The van der Waals surface area contributed by atoms with Gasteiger partial charge in [0.2, 0.25) is 0 Å². The van der Waals surface area contributed by atoms with E-state index in [4.69, 9.17) is 9.47 Å². The topological polar surface area (TPSA) is 55.4 Å². The Hall–Kier alpha value is -2.01. The maximum atomic E-state index is 5.49. The highest BCUT2D eigenvalue weighted by atomic mass is 16.5. The van der Waals surface area contributed by atoms with Gasteiger partial charge < -0.3 is 20.1 Å². The van der Waals surface area contributed by atoms with Crippen LogP contribution >= 0.6 is 0 Å². The Morgan fingerprint density at radius 2 is 1.88 bits per heavy atom. The van der Waals surface area contributed by atoms with Gasteiger partial charge in [0.1, 0.15) is 0 Å². The van der Waals surface area contributed by atoms with Gasteiger partial charge in [0, 0.05) is 30.2 Å². The van der Waals surface area contributed by atoms with E-state index in [0.29, 0.717) is 6.04 Å². The number of unbranched alkanes of at least 4 members (excludes halogenated alkanes) is 2. The van der Waals surface area contributed by atoms with E-state index in [-0.39, 0.29) is 0 Å². The van der Waals surface area contributed by atoms with Crippen molar-refractivity contribution < 1.29 is 9.47 Å². The molecule has 0 aliphatic rings. The lowest BCUT2D eigenvalue weighted by atomic mass is 10.1. The molecule has 0 unspecified atom stereocenters. The molecule has 0 saturated carbocycles. The van der Waals surface area contributed by atoms with Crippen LogP contribution in [0.25, 0.3) is 10.9 Å². The summed E-state index contributed by atoms with van der Waals surface area (Å²) in [6.45, 7) is 6.36. The molecule has 24 heavy (non-hydrogen) atoms. The second kappa shape index (κ2) is 9.33. The third-order valence-corrected chi connectivity index (χ3v) is 3.95. The van der Waals surface area contributed by atoms with Crippen molar-refractivity contribution >= 4 is 16.6 Å². The third kappa shape index (κ3) is 4.74. The molecule has 2 rings (SSSR count). The lowest BCUT2D eigenvalue weighted by Gasteiger charge is -2.15. The minimum absolute atomic E-state index is 0.562. The maximum Gasteiger partial charge on any atom is 0.170 e. The minimum atomic E-state index is 0.562.